The van der Waals surface area contributed by atoms with Crippen LogP contribution in [0.15, 0.2) is 12.7 Å². The van der Waals surface area contributed by atoms with Crippen LogP contribution in [0.5, 0.6) is 0 Å². The number of likely N-dealkylation sites (N-methyl/N-ethyl adjacent to an activating group) is 2. The fourth-order valence-electron chi connectivity index (χ4n) is 0.968. The molecule has 0 spiro atoms. The van der Waals surface area contributed by atoms with Gasteiger partial charge in [-0.3, -0.25) is 0 Å². The van der Waals surface area contributed by atoms with Crippen molar-refractivity contribution in [1.82, 2.24) is 9.80 Å². The molecule has 0 aromatic rings. The van der Waals surface area contributed by atoms with Crippen LogP contribution in [0.2, 0.25) is 0 Å². The second-order valence-corrected chi connectivity index (χ2v) is 4.64. The summed E-state index contributed by atoms with van der Waals surface area (Å²) in [6.45, 7) is 13.6. The van der Waals surface area contributed by atoms with E-state index in [2.05, 4.69) is 51.2 Å². The Balaban J connectivity index is 3.69. The lowest BCUT2D eigenvalue weighted by molar-refractivity contribution is 0.157. The minimum absolute atomic E-state index is 0.273. The molecule has 78 valence electrons. The largest absolute Gasteiger partial charge is 0.301 e. The van der Waals surface area contributed by atoms with Gasteiger partial charge in [0.05, 0.1) is 0 Å². The summed E-state index contributed by atoms with van der Waals surface area (Å²) >= 11 is 0. The van der Waals surface area contributed by atoms with Crippen molar-refractivity contribution in [3.8, 4) is 0 Å². The summed E-state index contributed by atoms with van der Waals surface area (Å²) in [5.41, 5.74) is 0.273. The van der Waals surface area contributed by atoms with Crippen LogP contribution in [0.3, 0.4) is 0 Å². The fourth-order valence-corrected chi connectivity index (χ4v) is 0.968. The Morgan fingerprint density at radius 3 is 2.08 bits per heavy atom. The molecule has 0 aliphatic carbocycles. The first-order chi connectivity index (χ1) is 5.88. The van der Waals surface area contributed by atoms with E-state index in [1.165, 1.54) is 0 Å². The summed E-state index contributed by atoms with van der Waals surface area (Å²) in [6, 6.07) is 0. The molecule has 0 radical (unpaired) electrons. The quantitative estimate of drug-likeness (QED) is 0.602. The van der Waals surface area contributed by atoms with Crippen molar-refractivity contribution in [3.05, 3.63) is 12.7 Å². The van der Waals surface area contributed by atoms with Crippen molar-refractivity contribution in [2.45, 2.75) is 26.3 Å². The standard InChI is InChI=1S/C11H24N2/c1-7-8-12(5)9-10-13(6)11(2,3)4/h7H,1,8-10H2,2-6H3. The summed E-state index contributed by atoms with van der Waals surface area (Å²) in [7, 11) is 4.29. The van der Waals surface area contributed by atoms with Gasteiger partial charge >= 0.3 is 0 Å². The Labute approximate surface area is 83.2 Å². The molecule has 0 saturated carbocycles. The van der Waals surface area contributed by atoms with Gasteiger partial charge in [0.15, 0.2) is 0 Å². The highest BCUT2D eigenvalue weighted by Crippen LogP contribution is 2.09. The van der Waals surface area contributed by atoms with Gasteiger partial charge in [0.25, 0.3) is 0 Å². The number of hydrogen-bond acceptors (Lipinski definition) is 2. The first kappa shape index (κ1) is 12.7. The Morgan fingerprint density at radius 1 is 1.15 bits per heavy atom. The maximum Gasteiger partial charge on any atom is 0.0158 e. The van der Waals surface area contributed by atoms with Gasteiger partial charge in [0.2, 0.25) is 0 Å². The van der Waals surface area contributed by atoms with Gasteiger partial charge < -0.3 is 9.80 Å². The Bertz CT molecular complexity index is 147. The highest BCUT2D eigenvalue weighted by atomic mass is 15.2. The molecule has 0 heterocycles. The second-order valence-electron chi connectivity index (χ2n) is 4.64. The fraction of sp³-hybridized carbons (Fsp3) is 0.818. The first-order valence-electron chi connectivity index (χ1n) is 4.88. The highest BCUT2D eigenvalue weighted by molar-refractivity contribution is 4.75. The number of hydrogen-bond donors (Lipinski definition) is 0. The second kappa shape index (κ2) is 5.40. The van der Waals surface area contributed by atoms with Crippen molar-refractivity contribution in [3.63, 3.8) is 0 Å². The van der Waals surface area contributed by atoms with Gasteiger partial charge in [-0.15, -0.1) is 6.58 Å². The van der Waals surface area contributed by atoms with Crippen molar-refractivity contribution >= 4 is 0 Å². The molecule has 0 bridgehead atoms. The van der Waals surface area contributed by atoms with E-state index in [0.717, 1.165) is 19.6 Å². The van der Waals surface area contributed by atoms with Crippen molar-refractivity contribution < 1.29 is 0 Å². The van der Waals surface area contributed by atoms with Crippen molar-refractivity contribution in [2.24, 2.45) is 0 Å². The molecule has 13 heavy (non-hydrogen) atoms. The van der Waals surface area contributed by atoms with Gasteiger partial charge in [-0.2, -0.15) is 0 Å². The molecular weight excluding hydrogens is 160 g/mol. The smallest absolute Gasteiger partial charge is 0.0158 e. The predicted octanol–water partition coefficient (Wildman–Crippen LogP) is 1.83. The molecule has 0 rings (SSSR count). The summed E-state index contributed by atoms with van der Waals surface area (Å²) < 4.78 is 0. The molecule has 0 atom stereocenters. The van der Waals surface area contributed by atoms with E-state index in [9.17, 15) is 0 Å². The van der Waals surface area contributed by atoms with Crippen LogP contribution in [0.4, 0.5) is 0 Å². The van der Waals surface area contributed by atoms with Crippen LogP contribution in [-0.4, -0.2) is 49.1 Å². The van der Waals surface area contributed by atoms with Crippen LogP contribution in [-0.2, 0) is 0 Å². The monoisotopic (exact) mass is 184 g/mol. The van der Waals surface area contributed by atoms with Gasteiger partial charge in [-0.25, -0.2) is 0 Å². The van der Waals surface area contributed by atoms with Gasteiger partial charge in [-0.05, 0) is 34.9 Å². The molecular formula is C11H24N2. The molecule has 2 heteroatoms. The molecule has 0 aromatic carbocycles. The van der Waals surface area contributed by atoms with E-state index < -0.39 is 0 Å². The highest BCUT2D eigenvalue weighted by Gasteiger charge is 2.16. The molecule has 0 amide bonds. The summed E-state index contributed by atoms with van der Waals surface area (Å²) in [6.07, 6.45) is 1.94. The minimum atomic E-state index is 0.273. The topological polar surface area (TPSA) is 6.48 Å². The van der Waals surface area contributed by atoms with Gasteiger partial charge in [0, 0.05) is 25.2 Å². The van der Waals surface area contributed by atoms with Crippen LogP contribution in [0.1, 0.15) is 20.8 Å². The van der Waals surface area contributed by atoms with Crippen molar-refractivity contribution in [2.75, 3.05) is 33.7 Å². The number of nitrogens with zero attached hydrogens (tertiary/aromatic N) is 2. The SMILES string of the molecule is C=CCN(C)CCN(C)C(C)(C)C. The third kappa shape index (κ3) is 5.83. The zero-order chi connectivity index (χ0) is 10.5. The Hall–Kier alpha value is -0.340. The number of rotatable bonds is 5. The normalized spacial score (nSPS) is 12.5. The van der Waals surface area contributed by atoms with Crippen LogP contribution in [0, 0.1) is 0 Å². The minimum Gasteiger partial charge on any atom is -0.301 e. The van der Waals surface area contributed by atoms with E-state index in [1.807, 2.05) is 6.08 Å². The average Bonchev–Trinajstić information content (AvgIpc) is 1.99. The lowest BCUT2D eigenvalue weighted by atomic mass is 10.1. The molecule has 0 aliphatic heterocycles. The van der Waals surface area contributed by atoms with E-state index in [1.54, 1.807) is 0 Å². The Kier molecular flexibility index (Phi) is 5.26. The van der Waals surface area contributed by atoms with Crippen LogP contribution < -0.4 is 0 Å². The first-order valence-corrected chi connectivity index (χ1v) is 4.88. The Morgan fingerprint density at radius 2 is 1.69 bits per heavy atom. The van der Waals surface area contributed by atoms with E-state index in [0.29, 0.717) is 0 Å². The molecule has 2 nitrogen and oxygen atoms in total. The zero-order valence-corrected chi connectivity index (χ0v) is 9.80. The van der Waals surface area contributed by atoms with Gasteiger partial charge in [0.1, 0.15) is 0 Å². The average molecular weight is 184 g/mol. The molecule has 0 fully saturated rings. The lowest BCUT2D eigenvalue weighted by Gasteiger charge is -2.33. The summed E-state index contributed by atoms with van der Waals surface area (Å²) in [5.74, 6) is 0. The van der Waals surface area contributed by atoms with Crippen molar-refractivity contribution in [1.29, 1.82) is 0 Å². The lowest BCUT2D eigenvalue weighted by Crippen LogP contribution is -2.42. The summed E-state index contributed by atoms with van der Waals surface area (Å²) in [5, 5.41) is 0. The molecule has 0 N–H and O–H groups in total. The predicted molar refractivity (Wildman–Crippen MR) is 60.1 cm³/mol. The van der Waals surface area contributed by atoms with Crippen LogP contribution in [0.25, 0.3) is 0 Å². The van der Waals surface area contributed by atoms with Crippen LogP contribution >= 0.6 is 0 Å². The summed E-state index contributed by atoms with van der Waals surface area (Å²) in [4.78, 5) is 4.64. The molecule has 0 aromatic heterocycles. The zero-order valence-electron chi connectivity index (χ0n) is 9.80. The maximum atomic E-state index is 3.72. The third-order valence-electron chi connectivity index (χ3n) is 2.40. The molecule has 0 aliphatic rings. The molecule has 0 saturated heterocycles. The third-order valence-corrected chi connectivity index (χ3v) is 2.40. The van der Waals surface area contributed by atoms with Gasteiger partial charge in [-0.1, -0.05) is 6.08 Å². The van der Waals surface area contributed by atoms with E-state index in [4.69, 9.17) is 0 Å². The van der Waals surface area contributed by atoms with E-state index in [-0.39, 0.29) is 5.54 Å². The molecule has 0 unspecified atom stereocenters. The maximum absolute atomic E-state index is 3.72. The van der Waals surface area contributed by atoms with E-state index >= 15 is 0 Å².